The molecule has 0 aliphatic carbocycles. The van der Waals surface area contributed by atoms with E-state index in [-0.39, 0.29) is 28.9 Å². The molecule has 39 heavy (non-hydrogen) atoms. The Morgan fingerprint density at radius 3 is 2.46 bits per heavy atom. The molecule has 0 spiro atoms. The molecule has 5 rings (SSSR count). The minimum absolute atomic E-state index is 0.0424. The highest BCUT2D eigenvalue weighted by Crippen LogP contribution is 2.38. The van der Waals surface area contributed by atoms with E-state index >= 15 is 8.78 Å². The Morgan fingerprint density at radius 1 is 1.13 bits per heavy atom. The van der Waals surface area contributed by atoms with Crippen molar-refractivity contribution in [3.63, 3.8) is 0 Å². The van der Waals surface area contributed by atoms with Crippen molar-refractivity contribution in [1.82, 2.24) is 9.78 Å². The maximum Gasteiger partial charge on any atom is 0.298 e. The number of anilines is 2. The Morgan fingerprint density at radius 2 is 1.79 bits per heavy atom. The standard InChI is InChI=1S/C28H19BrF2N5O2Si/c1-27(39)16-35-24(22(15-33-35)25(37)34-20-9-12-23(29)17(13-20)14-32)26(38)36(27)21-10-7-19(8-11-21)28(30,31)18-5-3-2-4-6-18/h2-13,15H,16H2,1H3,(H,34,37)/t27-/m0/s1. The first-order valence-electron chi connectivity index (χ1n) is 11.7. The average Bonchev–Trinajstić information content (AvgIpc) is 3.33. The lowest BCUT2D eigenvalue weighted by atomic mass is 9.99. The lowest BCUT2D eigenvalue weighted by molar-refractivity contribution is 0.0428. The smallest absolute Gasteiger partial charge is 0.298 e. The van der Waals surface area contributed by atoms with Crippen molar-refractivity contribution in [1.29, 1.82) is 5.26 Å². The second kappa shape index (κ2) is 9.87. The van der Waals surface area contributed by atoms with Gasteiger partial charge in [0.1, 0.15) is 11.8 Å². The maximum atomic E-state index is 15.1. The largest absolute Gasteiger partial charge is 0.322 e. The fraction of sp³-hybridized carbons (Fsp3) is 0.143. The van der Waals surface area contributed by atoms with Gasteiger partial charge in [0.25, 0.3) is 17.7 Å². The summed E-state index contributed by atoms with van der Waals surface area (Å²) < 4.78 is 32.2. The zero-order chi connectivity index (χ0) is 27.9. The third-order valence-electron chi connectivity index (χ3n) is 6.41. The van der Waals surface area contributed by atoms with Crippen LogP contribution in [0.2, 0.25) is 0 Å². The van der Waals surface area contributed by atoms with Crippen LogP contribution < -0.4 is 10.2 Å². The number of aromatic nitrogens is 2. The Balaban J connectivity index is 1.45. The lowest BCUT2D eigenvalue weighted by Crippen LogP contribution is -2.58. The van der Waals surface area contributed by atoms with E-state index in [9.17, 15) is 14.9 Å². The van der Waals surface area contributed by atoms with Crippen molar-refractivity contribution in [3.05, 3.63) is 111 Å². The molecule has 193 valence electrons. The molecule has 0 saturated carbocycles. The van der Waals surface area contributed by atoms with Crippen molar-refractivity contribution in [2.45, 2.75) is 24.6 Å². The molecule has 0 unspecified atom stereocenters. The van der Waals surface area contributed by atoms with Gasteiger partial charge in [0.05, 0.1) is 34.1 Å². The zero-order valence-electron chi connectivity index (χ0n) is 20.5. The molecular formula is C28H19BrF2N5O2Si. The minimum Gasteiger partial charge on any atom is -0.322 e. The predicted octanol–water partition coefficient (Wildman–Crippen LogP) is 5.45. The quantitative estimate of drug-likeness (QED) is 0.307. The summed E-state index contributed by atoms with van der Waals surface area (Å²) in [5.74, 6) is -4.32. The molecule has 2 heterocycles. The van der Waals surface area contributed by atoms with Crippen molar-refractivity contribution in [2.24, 2.45) is 0 Å². The topological polar surface area (TPSA) is 91.0 Å². The Bertz CT molecular complexity index is 1630. The summed E-state index contributed by atoms with van der Waals surface area (Å²) in [5, 5.41) is 15.2. The maximum absolute atomic E-state index is 15.1. The molecule has 1 aliphatic heterocycles. The molecule has 1 aromatic heterocycles. The molecule has 3 radical (unpaired) electrons. The van der Waals surface area contributed by atoms with Crippen LogP contribution in [-0.2, 0) is 12.5 Å². The molecule has 0 bridgehead atoms. The summed E-state index contributed by atoms with van der Waals surface area (Å²) in [6.45, 7) is 1.95. The molecule has 1 aliphatic rings. The van der Waals surface area contributed by atoms with Gasteiger partial charge in [-0.05, 0) is 53.2 Å². The van der Waals surface area contributed by atoms with Gasteiger partial charge < -0.3 is 10.2 Å². The van der Waals surface area contributed by atoms with Gasteiger partial charge in [-0.15, -0.1) is 0 Å². The van der Waals surface area contributed by atoms with Gasteiger partial charge >= 0.3 is 0 Å². The van der Waals surface area contributed by atoms with Gasteiger partial charge in [0.2, 0.25) is 0 Å². The number of halogens is 3. The summed E-state index contributed by atoms with van der Waals surface area (Å²) in [6, 6.07) is 19.8. The molecule has 7 nitrogen and oxygen atoms in total. The fourth-order valence-electron chi connectivity index (χ4n) is 4.51. The molecule has 1 N–H and O–H groups in total. The molecular weight excluding hydrogens is 584 g/mol. The van der Waals surface area contributed by atoms with Crippen molar-refractivity contribution in [3.8, 4) is 6.07 Å². The van der Waals surface area contributed by atoms with Gasteiger partial charge in [-0.25, -0.2) is 0 Å². The van der Waals surface area contributed by atoms with Crippen LogP contribution in [0.5, 0.6) is 0 Å². The van der Waals surface area contributed by atoms with Gasteiger partial charge in [-0.2, -0.15) is 19.1 Å². The summed E-state index contributed by atoms with van der Waals surface area (Å²) >= 11 is 3.27. The molecule has 0 fully saturated rings. The first-order chi connectivity index (χ1) is 18.5. The summed E-state index contributed by atoms with van der Waals surface area (Å²) in [7, 11) is 3.65. The first-order valence-corrected chi connectivity index (χ1v) is 13.0. The minimum atomic E-state index is -3.22. The summed E-state index contributed by atoms with van der Waals surface area (Å²) in [5.41, 5.74) is 0.830. The van der Waals surface area contributed by atoms with Crippen LogP contribution in [0.15, 0.2) is 83.5 Å². The van der Waals surface area contributed by atoms with E-state index in [1.54, 1.807) is 37.3 Å². The van der Waals surface area contributed by atoms with Crippen LogP contribution in [0.1, 0.15) is 44.5 Å². The summed E-state index contributed by atoms with van der Waals surface area (Å²) in [4.78, 5) is 28.3. The van der Waals surface area contributed by atoms with E-state index in [2.05, 4.69) is 36.6 Å². The third kappa shape index (κ3) is 4.77. The third-order valence-corrected chi connectivity index (χ3v) is 7.48. The van der Waals surface area contributed by atoms with Crippen molar-refractivity contribution in [2.75, 3.05) is 10.2 Å². The highest BCUT2D eigenvalue weighted by atomic mass is 79.9. The fourth-order valence-corrected chi connectivity index (χ4v) is 5.23. The Labute approximate surface area is 234 Å². The number of carbonyl (C=O) groups excluding carboxylic acids is 2. The van der Waals surface area contributed by atoms with Gasteiger partial charge in [-0.3, -0.25) is 14.3 Å². The lowest BCUT2D eigenvalue weighted by Gasteiger charge is -2.42. The van der Waals surface area contributed by atoms with Crippen LogP contribution in [0.4, 0.5) is 20.2 Å². The van der Waals surface area contributed by atoms with Crippen LogP contribution in [0.3, 0.4) is 0 Å². The molecule has 1 atom stereocenters. The number of rotatable bonds is 5. The molecule has 4 aromatic rings. The van der Waals surface area contributed by atoms with Crippen LogP contribution in [-0.4, -0.2) is 37.0 Å². The number of nitriles is 1. The number of nitrogens with zero attached hydrogens (tertiary/aromatic N) is 4. The highest BCUT2D eigenvalue weighted by molar-refractivity contribution is 9.10. The number of alkyl halides is 2. The van der Waals surface area contributed by atoms with E-state index in [0.717, 1.165) is 0 Å². The van der Waals surface area contributed by atoms with Crippen LogP contribution in [0, 0.1) is 11.3 Å². The number of benzene rings is 3. The SMILES string of the molecule is C[C@]1([Si])Cn2ncc(C(=O)Nc3ccc(Br)c(C#N)c3)c2C(=O)N1c1ccc(C(F)(F)c2ccccc2)cc1. The highest BCUT2D eigenvalue weighted by Gasteiger charge is 2.43. The number of carbonyl (C=O) groups is 2. The van der Waals surface area contributed by atoms with E-state index in [0.29, 0.717) is 21.4 Å². The Kier molecular flexibility index (Phi) is 6.70. The second-order valence-corrected chi connectivity index (χ2v) is 11.2. The van der Waals surface area contributed by atoms with E-state index in [1.807, 2.05) is 6.07 Å². The van der Waals surface area contributed by atoms with Gasteiger partial charge in [0.15, 0.2) is 0 Å². The monoisotopic (exact) mass is 602 g/mol. The van der Waals surface area contributed by atoms with Crippen molar-refractivity contribution >= 4 is 49.4 Å². The van der Waals surface area contributed by atoms with Crippen LogP contribution >= 0.6 is 15.9 Å². The predicted molar refractivity (Wildman–Crippen MR) is 146 cm³/mol. The first kappa shape index (κ1) is 26.5. The van der Waals surface area contributed by atoms with E-state index < -0.39 is 22.9 Å². The number of fused-ring (bicyclic) bond motifs is 1. The zero-order valence-corrected chi connectivity index (χ0v) is 23.0. The number of nitrogens with one attached hydrogen (secondary N) is 1. The van der Waals surface area contributed by atoms with Crippen molar-refractivity contribution < 1.29 is 18.4 Å². The van der Waals surface area contributed by atoms with E-state index in [1.165, 1.54) is 58.2 Å². The van der Waals surface area contributed by atoms with Crippen LogP contribution in [0.25, 0.3) is 0 Å². The molecule has 0 saturated heterocycles. The number of hydrogen-bond acceptors (Lipinski definition) is 4. The van der Waals surface area contributed by atoms with Gasteiger partial charge in [-0.1, -0.05) is 42.5 Å². The normalized spacial score (nSPS) is 16.9. The molecule has 11 heteroatoms. The molecule has 3 aromatic carbocycles. The van der Waals surface area contributed by atoms with E-state index in [4.69, 9.17) is 0 Å². The number of amides is 2. The van der Waals surface area contributed by atoms with Gasteiger partial charge in [0, 0.05) is 32.1 Å². The second-order valence-electron chi connectivity index (χ2n) is 9.23. The Hall–Kier alpha value is -4.14. The average molecular weight is 603 g/mol. The summed E-state index contributed by atoms with van der Waals surface area (Å²) in [6.07, 6.45) is 1.31. The molecule has 2 amide bonds. The number of hydrogen-bond donors (Lipinski definition) is 1.